The number of rotatable bonds is 6. The largest absolute Gasteiger partial charge is 0.497 e. The molecule has 0 fully saturated rings. The molecule has 0 saturated heterocycles. The molecular formula is C15H18BrNO2. The van der Waals surface area contributed by atoms with Crippen molar-refractivity contribution in [1.29, 1.82) is 0 Å². The van der Waals surface area contributed by atoms with E-state index >= 15 is 0 Å². The smallest absolute Gasteiger partial charge is 0.119 e. The van der Waals surface area contributed by atoms with E-state index in [9.17, 15) is 0 Å². The van der Waals surface area contributed by atoms with Crippen LogP contribution >= 0.6 is 15.9 Å². The first-order chi connectivity index (χ1) is 9.19. The molecule has 2 aromatic rings. The van der Waals surface area contributed by atoms with E-state index in [-0.39, 0.29) is 0 Å². The molecular weight excluding hydrogens is 306 g/mol. The van der Waals surface area contributed by atoms with E-state index in [0.717, 1.165) is 28.9 Å². The molecule has 1 aromatic heterocycles. The van der Waals surface area contributed by atoms with E-state index in [0.29, 0.717) is 6.04 Å². The van der Waals surface area contributed by atoms with Gasteiger partial charge in [0.05, 0.1) is 13.4 Å². The fourth-order valence-electron chi connectivity index (χ4n) is 1.90. The summed E-state index contributed by atoms with van der Waals surface area (Å²) in [6.45, 7) is 2.94. The number of hydrogen-bond donors (Lipinski definition) is 1. The van der Waals surface area contributed by atoms with Crippen LogP contribution in [0, 0.1) is 0 Å². The molecule has 0 aliphatic heterocycles. The summed E-state index contributed by atoms with van der Waals surface area (Å²) in [7, 11) is 1.68. The highest BCUT2D eigenvalue weighted by molar-refractivity contribution is 9.10. The van der Waals surface area contributed by atoms with Gasteiger partial charge in [-0.05, 0) is 42.8 Å². The van der Waals surface area contributed by atoms with Crippen LogP contribution in [0.5, 0.6) is 5.75 Å². The van der Waals surface area contributed by atoms with Crippen LogP contribution in [0.15, 0.2) is 45.5 Å². The van der Waals surface area contributed by atoms with Crippen molar-refractivity contribution in [3.63, 3.8) is 0 Å². The summed E-state index contributed by atoms with van der Waals surface area (Å²) in [4.78, 5) is 0. The number of ether oxygens (including phenoxy) is 1. The summed E-state index contributed by atoms with van der Waals surface area (Å²) >= 11 is 3.56. The van der Waals surface area contributed by atoms with Crippen molar-refractivity contribution in [2.75, 3.05) is 7.11 Å². The third-order valence-corrected chi connectivity index (χ3v) is 3.75. The van der Waals surface area contributed by atoms with Crippen molar-refractivity contribution >= 4 is 15.9 Å². The van der Waals surface area contributed by atoms with E-state index in [1.165, 1.54) is 5.56 Å². The van der Waals surface area contributed by atoms with Crippen LogP contribution in [0.4, 0.5) is 0 Å². The number of furan rings is 1. The van der Waals surface area contributed by atoms with E-state index in [2.05, 4.69) is 28.2 Å². The zero-order valence-corrected chi connectivity index (χ0v) is 12.7. The zero-order chi connectivity index (χ0) is 13.7. The number of benzene rings is 1. The monoisotopic (exact) mass is 323 g/mol. The first kappa shape index (κ1) is 14.2. The van der Waals surface area contributed by atoms with Crippen molar-refractivity contribution in [3.05, 3.63) is 52.4 Å². The molecule has 0 aliphatic rings. The van der Waals surface area contributed by atoms with Gasteiger partial charge in [0.2, 0.25) is 0 Å². The normalized spacial score (nSPS) is 12.4. The Hall–Kier alpha value is -1.26. The highest BCUT2D eigenvalue weighted by atomic mass is 79.9. The molecule has 2 rings (SSSR count). The molecule has 1 heterocycles. The summed E-state index contributed by atoms with van der Waals surface area (Å²) in [5, 5.41) is 3.48. The van der Waals surface area contributed by atoms with Crippen LogP contribution < -0.4 is 10.1 Å². The van der Waals surface area contributed by atoms with Crippen LogP contribution in [0.3, 0.4) is 0 Å². The number of methoxy groups -OCH3 is 1. The highest BCUT2D eigenvalue weighted by Crippen LogP contribution is 2.22. The summed E-state index contributed by atoms with van der Waals surface area (Å²) in [5.74, 6) is 1.88. The average molecular weight is 324 g/mol. The summed E-state index contributed by atoms with van der Waals surface area (Å²) in [5.41, 5.74) is 1.19. The molecule has 0 radical (unpaired) electrons. The van der Waals surface area contributed by atoms with E-state index in [1.807, 2.05) is 30.3 Å². The molecule has 0 saturated carbocycles. The molecule has 0 amide bonds. The molecule has 3 nitrogen and oxygen atoms in total. The minimum Gasteiger partial charge on any atom is -0.497 e. The minimum absolute atomic E-state index is 0.351. The van der Waals surface area contributed by atoms with Gasteiger partial charge in [0.15, 0.2) is 0 Å². The zero-order valence-electron chi connectivity index (χ0n) is 11.2. The lowest BCUT2D eigenvalue weighted by atomic mass is 10.1. The number of halogens is 1. The van der Waals surface area contributed by atoms with Gasteiger partial charge in [-0.25, -0.2) is 0 Å². The minimum atomic E-state index is 0.351. The summed E-state index contributed by atoms with van der Waals surface area (Å²) in [6.07, 6.45) is 2.59. The second-order valence-electron chi connectivity index (χ2n) is 4.52. The van der Waals surface area contributed by atoms with Crippen LogP contribution in [0.2, 0.25) is 0 Å². The predicted octanol–water partition coefficient (Wildman–Crippen LogP) is 3.77. The van der Waals surface area contributed by atoms with Gasteiger partial charge in [0.25, 0.3) is 0 Å². The van der Waals surface area contributed by atoms with Crippen LogP contribution in [-0.4, -0.2) is 13.2 Å². The van der Waals surface area contributed by atoms with Crippen molar-refractivity contribution in [3.8, 4) is 5.75 Å². The first-order valence-electron chi connectivity index (χ1n) is 6.27. The van der Waals surface area contributed by atoms with E-state index < -0.39 is 0 Å². The van der Waals surface area contributed by atoms with Gasteiger partial charge in [-0.15, -0.1) is 0 Å². The van der Waals surface area contributed by atoms with Gasteiger partial charge in [-0.2, -0.15) is 0 Å². The number of nitrogens with one attached hydrogen (secondary N) is 1. The topological polar surface area (TPSA) is 34.4 Å². The molecule has 19 heavy (non-hydrogen) atoms. The Balaban J connectivity index is 1.91. The Morgan fingerprint density at radius 3 is 2.89 bits per heavy atom. The Bertz CT molecular complexity index is 511. The fourth-order valence-corrected chi connectivity index (χ4v) is 2.29. The standard InChI is InChI=1S/C15H18BrNO2/c1-11(8-14-4-3-7-19-14)17-10-12-9-13(18-2)5-6-15(12)16/h3-7,9,11,17H,8,10H2,1-2H3. The average Bonchev–Trinajstić information content (AvgIpc) is 2.90. The van der Waals surface area contributed by atoms with Crippen molar-refractivity contribution < 1.29 is 9.15 Å². The first-order valence-corrected chi connectivity index (χ1v) is 7.06. The van der Waals surface area contributed by atoms with Gasteiger partial charge in [0, 0.05) is 23.5 Å². The SMILES string of the molecule is COc1ccc(Br)c(CNC(C)Cc2ccco2)c1. The second-order valence-corrected chi connectivity index (χ2v) is 5.38. The quantitative estimate of drug-likeness (QED) is 0.878. The van der Waals surface area contributed by atoms with Crippen molar-refractivity contribution in [1.82, 2.24) is 5.32 Å². The Kier molecular flexibility index (Phi) is 5.05. The maximum absolute atomic E-state index is 5.35. The number of hydrogen-bond acceptors (Lipinski definition) is 3. The van der Waals surface area contributed by atoms with Gasteiger partial charge >= 0.3 is 0 Å². The lowest BCUT2D eigenvalue weighted by Gasteiger charge is -2.14. The van der Waals surface area contributed by atoms with Gasteiger partial charge in [-0.3, -0.25) is 0 Å². The third kappa shape index (κ3) is 4.11. The molecule has 1 atom stereocenters. The molecule has 102 valence electrons. The van der Waals surface area contributed by atoms with Gasteiger partial charge in [0.1, 0.15) is 11.5 Å². The summed E-state index contributed by atoms with van der Waals surface area (Å²) < 4.78 is 11.7. The highest BCUT2D eigenvalue weighted by Gasteiger charge is 2.07. The Morgan fingerprint density at radius 2 is 2.21 bits per heavy atom. The third-order valence-electron chi connectivity index (χ3n) is 2.98. The maximum atomic E-state index is 5.35. The van der Waals surface area contributed by atoms with Gasteiger partial charge < -0.3 is 14.5 Å². The lowest BCUT2D eigenvalue weighted by Crippen LogP contribution is -2.27. The Morgan fingerprint density at radius 1 is 1.37 bits per heavy atom. The molecule has 1 N–H and O–H groups in total. The molecule has 1 aromatic carbocycles. The van der Waals surface area contributed by atoms with Crippen LogP contribution in [0.1, 0.15) is 18.2 Å². The van der Waals surface area contributed by atoms with Gasteiger partial charge in [-0.1, -0.05) is 15.9 Å². The lowest BCUT2D eigenvalue weighted by molar-refractivity contribution is 0.413. The fraction of sp³-hybridized carbons (Fsp3) is 0.333. The van der Waals surface area contributed by atoms with Crippen LogP contribution in [0.25, 0.3) is 0 Å². The van der Waals surface area contributed by atoms with E-state index in [4.69, 9.17) is 9.15 Å². The second kappa shape index (κ2) is 6.78. The summed E-state index contributed by atoms with van der Waals surface area (Å²) in [6, 6.07) is 10.3. The maximum Gasteiger partial charge on any atom is 0.119 e. The van der Waals surface area contributed by atoms with Crippen LogP contribution in [-0.2, 0) is 13.0 Å². The molecule has 0 bridgehead atoms. The molecule has 1 unspecified atom stereocenters. The molecule has 4 heteroatoms. The molecule has 0 spiro atoms. The predicted molar refractivity (Wildman–Crippen MR) is 79.4 cm³/mol. The van der Waals surface area contributed by atoms with Crippen molar-refractivity contribution in [2.24, 2.45) is 0 Å². The Labute approximate surface area is 122 Å². The molecule has 0 aliphatic carbocycles. The van der Waals surface area contributed by atoms with Crippen molar-refractivity contribution in [2.45, 2.75) is 25.9 Å². The van der Waals surface area contributed by atoms with E-state index in [1.54, 1.807) is 13.4 Å².